The molecule has 0 radical (unpaired) electrons. The van der Waals surface area contributed by atoms with E-state index >= 15 is 0 Å². The molecule has 0 atom stereocenters. The molecule has 0 aliphatic carbocycles. The number of hydrogen-bond donors (Lipinski definition) is 1. The molecule has 86 valence electrons. The van der Waals surface area contributed by atoms with Crippen LogP contribution in [0.2, 0.25) is 5.02 Å². The van der Waals surface area contributed by atoms with Crippen LogP contribution in [0.3, 0.4) is 0 Å². The first-order chi connectivity index (χ1) is 7.43. The fourth-order valence-corrected chi connectivity index (χ4v) is 1.58. The van der Waals surface area contributed by atoms with Crippen molar-refractivity contribution in [2.45, 2.75) is 6.92 Å². The Bertz CT molecular complexity index is 429. The van der Waals surface area contributed by atoms with Crippen molar-refractivity contribution >= 4 is 23.2 Å². The molecule has 0 heterocycles. The lowest BCUT2D eigenvalue weighted by Crippen LogP contribution is -2.28. The summed E-state index contributed by atoms with van der Waals surface area (Å²) in [5, 5.41) is 0.398. The zero-order valence-electron chi connectivity index (χ0n) is 9.46. The summed E-state index contributed by atoms with van der Waals surface area (Å²) in [6, 6.07) is 5.03. The van der Waals surface area contributed by atoms with Crippen LogP contribution in [0.25, 0.3) is 0 Å². The van der Waals surface area contributed by atoms with Crippen molar-refractivity contribution in [1.29, 1.82) is 0 Å². The Hall–Kier alpha value is -1.48. The van der Waals surface area contributed by atoms with Crippen molar-refractivity contribution in [2.75, 3.05) is 19.3 Å². The van der Waals surface area contributed by atoms with Gasteiger partial charge in [-0.05, 0) is 19.1 Å². The van der Waals surface area contributed by atoms with E-state index < -0.39 is 0 Å². The lowest BCUT2D eigenvalue weighted by Gasteiger charge is -2.18. The highest BCUT2D eigenvalue weighted by Gasteiger charge is 2.15. The van der Waals surface area contributed by atoms with E-state index in [-0.39, 0.29) is 5.91 Å². The predicted octanol–water partition coefficient (Wildman–Crippen LogP) is 2.57. The molecule has 1 aromatic carbocycles. The van der Waals surface area contributed by atoms with Gasteiger partial charge in [0.15, 0.2) is 0 Å². The van der Waals surface area contributed by atoms with E-state index in [0.29, 0.717) is 22.8 Å². The molecule has 3 nitrogen and oxygen atoms in total. The molecule has 2 N–H and O–H groups in total. The average Bonchev–Trinajstić information content (AvgIpc) is 2.20. The molecule has 0 aliphatic heterocycles. The van der Waals surface area contributed by atoms with E-state index in [1.165, 1.54) is 0 Å². The summed E-state index contributed by atoms with van der Waals surface area (Å²) in [6.07, 6.45) is 0. The lowest BCUT2D eigenvalue weighted by molar-refractivity contribution is 0.0808. The number of likely N-dealkylation sites (N-methyl/N-ethyl adjacent to an activating group) is 1. The lowest BCUT2D eigenvalue weighted by atomic mass is 10.1. The molecule has 1 rings (SSSR count). The van der Waals surface area contributed by atoms with Crippen LogP contribution in [-0.4, -0.2) is 24.4 Å². The zero-order valence-corrected chi connectivity index (χ0v) is 10.2. The molecule has 0 unspecified atom stereocenters. The average molecular weight is 239 g/mol. The Morgan fingerprint density at radius 3 is 2.75 bits per heavy atom. The van der Waals surface area contributed by atoms with Crippen molar-refractivity contribution in [1.82, 2.24) is 4.90 Å². The van der Waals surface area contributed by atoms with Gasteiger partial charge in [-0.15, -0.1) is 0 Å². The predicted molar refractivity (Wildman–Crippen MR) is 67.6 cm³/mol. The molecule has 0 spiro atoms. The van der Waals surface area contributed by atoms with Gasteiger partial charge in [0.2, 0.25) is 0 Å². The topological polar surface area (TPSA) is 46.3 Å². The van der Waals surface area contributed by atoms with Crippen LogP contribution in [0.4, 0.5) is 5.69 Å². The molecule has 0 aromatic heterocycles. The van der Waals surface area contributed by atoms with Gasteiger partial charge >= 0.3 is 0 Å². The summed E-state index contributed by atoms with van der Waals surface area (Å²) < 4.78 is 0. The standard InChI is InChI=1S/C12H15ClN2O/c1-8(2)7-15(3)12(16)9-5-4-6-10(13)11(9)14/h4-6H,1,7,14H2,2-3H3. The molecule has 0 fully saturated rings. The van der Waals surface area contributed by atoms with Gasteiger partial charge in [0.1, 0.15) is 0 Å². The number of rotatable bonds is 3. The van der Waals surface area contributed by atoms with E-state index in [4.69, 9.17) is 17.3 Å². The second-order valence-corrected chi connectivity index (χ2v) is 4.23. The number of nitrogens with zero attached hydrogens (tertiary/aromatic N) is 1. The third kappa shape index (κ3) is 2.76. The van der Waals surface area contributed by atoms with Gasteiger partial charge in [0, 0.05) is 13.6 Å². The highest BCUT2D eigenvalue weighted by atomic mass is 35.5. The minimum atomic E-state index is -0.150. The molecule has 0 saturated carbocycles. The number of nitrogens with two attached hydrogens (primary N) is 1. The van der Waals surface area contributed by atoms with Gasteiger partial charge < -0.3 is 10.6 Å². The maximum Gasteiger partial charge on any atom is 0.256 e. The zero-order chi connectivity index (χ0) is 12.3. The van der Waals surface area contributed by atoms with Crippen LogP contribution in [0, 0.1) is 0 Å². The van der Waals surface area contributed by atoms with Crippen molar-refractivity contribution in [3.05, 3.63) is 40.9 Å². The van der Waals surface area contributed by atoms with E-state index in [9.17, 15) is 4.79 Å². The van der Waals surface area contributed by atoms with Gasteiger partial charge in [0.25, 0.3) is 5.91 Å². The Labute approximate surface area is 100 Å². The highest BCUT2D eigenvalue weighted by molar-refractivity contribution is 6.33. The Morgan fingerprint density at radius 2 is 2.19 bits per heavy atom. The number of hydrogen-bond acceptors (Lipinski definition) is 2. The second kappa shape index (κ2) is 5.03. The fraction of sp³-hybridized carbons (Fsp3) is 0.250. The van der Waals surface area contributed by atoms with Gasteiger partial charge in [-0.25, -0.2) is 0 Å². The first-order valence-corrected chi connectivity index (χ1v) is 5.25. The van der Waals surface area contributed by atoms with Crippen LogP contribution < -0.4 is 5.73 Å². The first kappa shape index (κ1) is 12.6. The van der Waals surface area contributed by atoms with Crippen molar-refractivity contribution in [3.63, 3.8) is 0 Å². The Kier molecular flexibility index (Phi) is 3.96. The third-order valence-electron chi connectivity index (χ3n) is 2.14. The number of amides is 1. The summed E-state index contributed by atoms with van der Waals surface area (Å²) in [6.45, 7) is 6.13. The van der Waals surface area contributed by atoms with Crippen molar-refractivity contribution < 1.29 is 4.79 Å². The first-order valence-electron chi connectivity index (χ1n) is 4.87. The summed E-state index contributed by atoms with van der Waals surface area (Å²) >= 11 is 5.86. The number of carbonyl (C=O) groups is 1. The summed E-state index contributed by atoms with van der Waals surface area (Å²) in [4.78, 5) is 13.6. The maximum atomic E-state index is 12.0. The van der Waals surface area contributed by atoms with Crippen LogP contribution in [0.15, 0.2) is 30.4 Å². The number of nitrogen functional groups attached to an aromatic ring is 1. The summed E-state index contributed by atoms with van der Waals surface area (Å²) in [5.74, 6) is -0.150. The number of halogens is 1. The van der Waals surface area contributed by atoms with E-state index in [0.717, 1.165) is 5.57 Å². The molecular weight excluding hydrogens is 224 g/mol. The summed E-state index contributed by atoms with van der Waals surface area (Å²) in [5.41, 5.74) is 7.41. The van der Waals surface area contributed by atoms with E-state index in [1.54, 1.807) is 30.1 Å². The molecule has 0 saturated heterocycles. The largest absolute Gasteiger partial charge is 0.397 e. The van der Waals surface area contributed by atoms with Gasteiger partial charge in [-0.1, -0.05) is 29.8 Å². The van der Waals surface area contributed by atoms with Gasteiger partial charge in [-0.2, -0.15) is 0 Å². The molecule has 0 bridgehead atoms. The minimum absolute atomic E-state index is 0.150. The van der Waals surface area contributed by atoms with Crippen LogP contribution in [0.5, 0.6) is 0 Å². The van der Waals surface area contributed by atoms with Gasteiger partial charge in [-0.3, -0.25) is 4.79 Å². The number of carbonyl (C=O) groups excluding carboxylic acids is 1. The minimum Gasteiger partial charge on any atom is -0.397 e. The van der Waals surface area contributed by atoms with E-state index in [2.05, 4.69) is 6.58 Å². The quantitative estimate of drug-likeness (QED) is 0.650. The smallest absolute Gasteiger partial charge is 0.256 e. The molecule has 1 aromatic rings. The normalized spacial score (nSPS) is 9.94. The van der Waals surface area contributed by atoms with Crippen LogP contribution >= 0.6 is 11.6 Å². The molecule has 16 heavy (non-hydrogen) atoms. The maximum absolute atomic E-state index is 12.0. The Morgan fingerprint density at radius 1 is 1.56 bits per heavy atom. The SMILES string of the molecule is C=C(C)CN(C)C(=O)c1cccc(Cl)c1N. The monoisotopic (exact) mass is 238 g/mol. The molecule has 1 amide bonds. The van der Waals surface area contributed by atoms with Gasteiger partial charge in [0.05, 0.1) is 16.3 Å². The molecule has 4 heteroatoms. The number of para-hydroxylation sites is 1. The number of benzene rings is 1. The molecular formula is C12H15ClN2O. The third-order valence-corrected chi connectivity index (χ3v) is 2.47. The number of anilines is 1. The Balaban J connectivity index is 2.96. The van der Waals surface area contributed by atoms with Crippen molar-refractivity contribution in [3.8, 4) is 0 Å². The highest BCUT2D eigenvalue weighted by Crippen LogP contribution is 2.23. The molecule has 0 aliphatic rings. The van der Waals surface area contributed by atoms with Crippen molar-refractivity contribution in [2.24, 2.45) is 0 Å². The summed E-state index contributed by atoms with van der Waals surface area (Å²) in [7, 11) is 1.71. The van der Waals surface area contributed by atoms with E-state index in [1.807, 2.05) is 6.92 Å². The fourth-order valence-electron chi connectivity index (χ4n) is 1.41. The second-order valence-electron chi connectivity index (χ2n) is 3.82. The van der Waals surface area contributed by atoms with Crippen LogP contribution in [0.1, 0.15) is 17.3 Å². The van der Waals surface area contributed by atoms with Crippen LogP contribution in [-0.2, 0) is 0 Å².